The summed E-state index contributed by atoms with van der Waals surface area (Å²) in [5.41, 5.74) is 3.84. The van der Waals surface area contributed by atoms with Gasteiger partial charge in [0.2, 0.25) is 0 Å². The molecule has 0 aliphatic carbocycles. The van der Waals surface area contributed by atoms with Crippen molar-refractivity contribution in [2.45, 2.75) is 32.6 Å². The molecule has 1 unspecified atom stereocenters. The van der Waals surface area contributed by atoms with Gasteiger partial charge in [-0.1, -0.05) is 29.3 Å². The van der Waals surface area contributed by atoms with E-state index in [0.29, 0.717) is 49.0 Å². The maximum Gasteiger partial charge on any atom is 0.255 e. The van der Waals surface area contributed by atoms with E-state index >= 15 is 0 Å². The molecule has 3 heterocycles. The van der Waals surface area contributed by atoms with Crippen LogP contribution in [0.5, 0.6) is 0 Å². The molecule has 3 atom stereocenters. The Kier molecular flexibility index (Phi) is 6.09. The number of allylic oxidation sites excluding steroid dienone is 1. The molecule has 6 nitrogen and oxygen atoms in total. The minimum atomic E-state index is -0.415. The van der Waals surface area contributed by atoms with Gasteiger partial charge >= 0.3 is 0 Å². The molecule has 1 aromatic carbocycles. The van der Waals surface area contributed by atoms with Crippen LogP contribution in [0.15, 0.2) is 28.8 Å². The fourth-order valence-corrected chi connectivity index (χ4v) is 5.18. The lowest BCUT2D eigenvalue weighted by Crippen LogP contribution is -2.43. The van der Waals surface area contributed by atoms with E-state index in [4.69, 9.17) is 16.3 Å². The molecule has 0 saturated carbocycles. The summed E-state index contributed by atoms with van der Waals surface area (Å²) < 4.78 is 5.49. The van der Waals surface area contributed by atoms with Crippen LogP contribution < -0.4 is 0 Å². The average molecular weight is 431 g/mol. The molecular formula is C23H27ClN2O4. The number of nitrogens with zero attached hydrogens (tertiary/aromatic N) is 2. The van der Waals surface area contributed by atoms with Crippen molar-refractivity contribution in [1.82, 2.24) is 4.90 Å². The first-order chi connectivity index (χ1) is 14.4. The first kappa shape index (κ1) is 21.2. The number of aliphatic hydroxyl groups is 1. The van der Waals surface area contributed by atoms with E-state index in [1.165, 1.54) is 0 Å². The summed E-state index contributed by atoms with van der Waals surface area (Å²) in [5, 5.41) is 10.4. The summed E-state index contributed by atoms with van der Waals surface area (Å²) in [7, 11) is 0. The third-order valence-corrected chi connectivity index (χ3v) is 6.92. The lowest BCUT2D eigenvalue weighted by Gasteiger charge is -2.33. The number of halogens is 1. The topological polar surface area (TPSA) is 79.2 Å². The molecule has 1 aromatic rings. The predicted molar refractivity (Wildman–Crippen MR) is 115 cm³/mol. The van der Waals surface area contributed by atoms with Gasteiger partial charge in [-0.15, -0.1) is 0 Å². The normalized spacial score (nSPS) is 25.1. The van der Waals surface area contributed by atoms with Crippen LogP contribution in [-0.4, -0.2) is 60.4 Å². The molecule has 0 radical (unpaired) electrons. The van der Waals surface area contributed by atoms with E-state index in [1.54, 1.807) is 11.8 Å². The van der Waals surface area contributed by atoms with Crippen molar-refractivity contribution in [1.29, 1.82) is 0 Å². The van der Waals surface area contributed by atoms with Crippen LogP contribution in [0, 0.1) is 11.8 Å². The van der Waals surface area contributed by atoms with Crippen molar-refractivity contribution in [3.8, 4) is 0 Å². The van der Waals surface area contributed by atoms with E-state index in [-0.39, 0.29) is 30.3 Å². The smallest absolute Gasteiger partial charge is 0.255 e. The third-order valence-electron chi connectivity index (χ3n) is 6.51. The molecule has 0 aromatic heterocycles. The highest BCUT2D eigenvalue weighted by molar-refractivity contribution is 6.35. The molecule has 7 heteroatoms. The van der Waals surface area contributed by atoms with Gasteiger partial charge in [0, 0.05) is 31.3 Å². The van der Waals surface area contributed by atoms with Gasteiger partial charge in [0.25, 0.3) is 11.8 Å². The minimum Gasteiger partial charge on any atom is -0.396 e. The number of fused-ring (bicyclic) bond motifs is 1. The zero-order chi connectivity index (χ0) is 21.4. The highest BCUT2D eigenvalue weighted by Crippen LogP contribution is 2.39. The van der Waals surface area contributed by atoms with Gasteiger partial charge in [0.1, 0.15) is 0 Å². The zero-order valence-electron chi connectivity index (χ0n) is 17.4. The van der Waals surface area contributed by atoms with Gasteiger partial charge in [-0.3, -0.25) is 9.59 Å². The Morgan fingerprint density at radius 3 is 2.80 bits per heavy atom. The average Bonchev–Trinajstić information content (AvgIpc) is 3.22. The zero-order valence-corrected chi connectivity index (χ0v) is 18.1. The quantitative estimate of drug-likeness (QED) is 0.778. The van der Waals surface area contributed by atoms with E-state index in [2.05, 4.69) is 4.99 Å². The van der Waals surface area contributed by atoms with E-state index < -0.39 is 5.92 Å². The van der Waals surface area contributed by atoms with Crippen LogP contribution in [-0.2, 0) is 16.0 Å². The summed E-state index contributed by atoms with van der Waals surface area (Å²) in [6, 6.07) is 3.90. The summed E-state index contributed by atoms with van der Waals surface area (Å²) in [4.78, 5) is 31.5. The summed E-state index contributed by atoms with van der Waals surface area (Å²) >= 11 is 6.76. The second-order valence-electron chi connectivity index (χ2n) is 8.45. The van der Waals surface area contributed by atoms with E-state index in [0.717, 1.165) is 23.1 Å². The third kappa shape index (κ3) is 3.84. The first-order valence-electron chi connectivity index (χ1n) is 10.5. The van der Waals surface area contributed by atoms with Gasteiger partial charge in [-0.05, 0) is 49.8 Å². The van der Waals surface area contributed by atoms with Crippen molar-refractivity contribution in [3.05, 3.63) is 45.5 Å². The van der Waals surface area contributed by atoms with Gasteiger partial charge in [-0.25, -0.2) is 4.99 Å². The molecule has 30 heavy (non-hydrogen) atoms. The molecule has 1 fully saturated rings. The Morgan fingerprint density at radius 1 is 1.33 bits per heavy atom. The van der Waals surface area contributed by atoms with Crippen LogP contribution in [0.3, 0.4) is 0 Å². The Labute approximate surface area is 181 Å². The lowest BCUT2D eigenvalue weighted by atomic mass is 9.83. The Hall–Kier alpha value is -2.02. The molecule has 1 N–H and O–H groups in total. The number of aliphatic imine (C=N–C) groups is 1. The number of hydrogen-bond donors (Lipinski definition) is 1. The molecule has 4 rings (SSSR count). The van der Waals surface area contributed by atoms with Crippen molar-refractivity contribution in [2.75, 3.05) is 32.9 Å². The highest BCUT2D eigenvalue weighted by Gasteiger charge is 2.35. The molecule has 2 amide bonds. The van der Waals surface area contributed by atoms with Gasteiger partial charge < -0.3 is 14.7 Å². The van der Waals surface area contributed by atoms with Crippen LogP contribution in [0.4, 0.5) is 0 Å². The molecule has 0 spiro atoms. The number of rotatable bonds is 5. The number of carbonyl (C=O) groups is 2. The number of carbonyl (C=O) groups excluding carboxylic acids is 2. The molecule has 3 aliphatic heterocycles. The molecule has 0 bridgehead atoms. The summed E-state index contributed by atoms with van der Waals surface area (Å²) in [5.74, 6) is -0.742. The Balaban J connectivity index is 1.61. The second kappa shape index (κ2) is 8.61. The van der Waals surface area contributed by atoms with E-state index in [1.807, 2.05) is 25.1 Å². The fourth-order valence-electron chi connectivity index (χ4n) is 4.77. The fraction of sp³-hybridized carbons (Fsp3) is 0.522. The Morgan fingerprint density at radius 2 is 2.13 bits per heavy atom. The van der Waals surface area contributed by atoms with Crippen molar-refractivity contribution < 1.29 is 19.4 Å². The van der Waals surface area contributed by atoms with Crippen molar-refractivity contribution in [3.63, 3.8) is 0 Å². The molecule has 160 valence electrons. The second-order valence-corrected chi connectivity index (χ2v) is 8.83. The largest absolute Gasteiger partial charge is 0.396 e. The number of dihydropyridines is 1. The number of ether oxygens (including phenoxy) is 1. The monoisotopic (exact) mass is 430 g/mol. The van der Waals surface area contributed by atoms with Crippen LogP contribution >= 0.6 is 11.6 Å². The predicted octanol–water partition coefficient (Wildman–Crippen LogP) is 3.01. The van der Waals surface area contributed by atoms with Crippen LogP contribution in [0.2, 0.25) is 5.02 Å². The minimum absolute atomic E-state index is 0.0393. The number of aliphatic hydroxyl groups excluding tert-OH is 1. The van der Waals surface area contributed by atoms with Gasteiger partial charge in [0.05, 0.1) is 29.7 Å². The Bertz CT molecular complexity index is 933. The number of amides is 2. The molecular weight excluding hydrogens is 404 g/mol. The maximum atomic E-state index is 13.4. The number of hydrogen-bond acceptors (Lipinski definition) is 4. The van der Waals surface area contributed by atoms with Gasteiger partial charge in [-0.2, -0.15) is 0 Å². The van der Waals surface area contributed by atoms with Crippen LogP contribution in [0.25, 0.3) is 0 Å². The van der Waals surface area contributed by atoms with Crippen molar-refractivity contribution >= 4 is 29.1 Å². The highest BCUT2D eigenvalue weighted by atomic mass is 35.5. The molecule has 1 saturated heterocycles. The first-order valence-corrected chi connectivity index (χ1v) is 10.8. The van der Waals surface area contributed by atoms with Crippen molar-refractivity contribution in [2.24, 2.45) is 16.8 Å². The number of benzene rings is 1. The maximum absolute atomic E-state index is 13.4. The lowest BCUT2D eigenvalue weighted by molar-refractivity contribution is -0.120. The van der Waals surface area contributed by atoms with E-state index in [9.17, 15) is 14.7 Å². The summed E-state index contributed by atoms with van der Waals surface area (Å²) in [6.07, 6.45) is 3.45. The summed E-state index contributed by atoms with van der Waals surface area (Å²) in [6.45, 7) is 5.78. The van der Waals surface area contributed by atoms with Gasteiger partial charge in [0.15, 0.2) is 0 Å². The van der Waals surface area contributed by atoms with Crippen LogP contribution in [0.1, 0.15) is 47.7 Å². The standard InChI is InChI=1S/C23H27ClN2O4/c1-13-9-14(2)25-22(28)18(13)10-26-7-5-15-3-4-17(21(24)20(15)23(26)29)19(11-27)16-6-8-30-12-16/h3-4,9,16,18-19,27H,5-8,10-12H2,1-2H3/t16-,18?,19+/m1/s1. The molecule has 3 aliphatic rings. The SMILES string of the molecule is CC1=CC(C)=NC(=O)C1CN1CCc2ccc([C@@H](CO)[C@@H]3CCOC3)c(Cl)c2C1=O.